The van der Waals surface area contributed by atoms with Gasteiger partial charge in [0.05, 0.1) is 24.0 Å². The minimum atomic E-state index is 0.235. The van der Waals surface area contributed by atoms with Crippen molar-refractivity contribution in [3.05, 3.63) is 18.2 Å². The van der Waals surface area contributed by atoms with Crippen molar-refractivity contribution in [1.29, 1.82) is 5.26 Å². The van der Waals surface area contributed by atoms with Crippen LogP contribution in [0.2, 0.25) is 0 Å². The number of nitrogens with zero attached hydrogens (tertiary/aromatic N) is 3. The molecule has 74 valence electrons. The van der Waals surface area contributed by atoms with Gasteiger partial charge in [-0.3, -0.25) is 0 Å². The highest BCUT2D eigenvalue weighted by atomic mass is 35.5. The van der Waals surface area contributed by atoms with E-state index in [0.29, 0.717) is 12.3 Å². The first-order valence-electron chi connectivity index (χ1n) is 4.72. The van der Waals surface area contributed by atoms with E-state index in [9.17, 15) is 0 Å². The van der Waals surface area contributed by atoms with E-state index in [-0.39, 0.29) is 5.41 Å². The Morgan fingerprint density at radius 1 is 1.64 bits per heavy atom. The quantitative estimate of drug-likeness (QED) is 0.715. The number of hydrogen-bond acceptors (Lipinski definition) is 2. The average Bonchev–Trinajstić information content (AvgIpc) is 2.78. The SMILES string of the molecule is N#CCC1(Cn2cnc(CCl)c2)CC1. The summed E-state index contributed by atoms with van der Waals surface area (Å²) in [4.78, 5) is 4.15. The van der Waals surface area contributed by atoms with E-state index in [1.807, 2.05) is 10.8 Å². The number of halogens is 1. The Morgan fingerprint density at radius 2 is 2.43 bits per heavy atom. The van der Waals surface area contributed by atoms with Crippen LogP contribution >= 0.6 is 11.6 Å². The molecule has 1 aliphatic carbocycles. The molecule has 14 heavy (non-hydrogen) atoms. The van der Waals surface area contributed by atoms with Gasteiger partial charge in [0.25, 0.3) is 0 Å². The van der Waals surface area contributed by atoms with Crippen molar-refractivity contribution in [3.8, 4) is 6.07 Å². The first-order valence-corrected chi connectivity index (χ1v) is 5.25. The lowest BCUT2D eigenvalue weighted by Gasteiger charge is -2.10. The maximum atomic E-state index is 8.68. The van der Waals surface area contributed by atoms with E-state index in [0.717, 1.165) is 25.1 Å². The maximum absolute atomic E-state index is 8.68. The van der Waals surface area contributed by atoms with Crippen molar-refractivity contribution in [3.63, 3.8) is 0 Å². The van der Waals surface area contributed by atoms with E-state index in [1.165, 1.54) is 0 Å². The van der Waals surface area contributed by atoms with Crippen LogP contribution in [0.15, 0.2) is 12.5 Å². The lowest BCUT2D eigenvalue weighted by molar-refractivity contribution is 0.431. The third kappa shape index (κ3) is 1.91. The fourth-order valence-electron chi connectivity index (χ4n) is 1.68. The van der Waals surface area contributed by atoms with E-state index in [1.54, 1.807) is 6.33 Å². The summed E-state index contributed by atoms with van der Waals surface area (Å²) in [6, 6.07) is 2.25. The van der Waals surface area contributed by atoms with Gasteiger partial charge in [-0.15, -0.1) is 11.6 Å². The second-order valence-electron chi connectivity index (χ2n) is 4.01. The molecule has 1 fully saturated rings. The Hall–Kier alpha value is -1.01. The molecule has 1 heterocycles. The summed E-state index contributed by atoms with van der Waals surface area (Å²) in [6.07, 6.45) is 6.74. The lowest BCUT2D eigenvalue weighted by Crippen LogP contribution is -2.09. The van der Waals surface area contributed by atoms with Crippen LogP contribution in [0.1, 0.15) is 25.0 Å². The molecule has 4 heteroatoms. The molecule has 0 N–H and O–H groups in total. The van der Waals surface area contributed by atoms with Crippen LogP contribution in [-0.4, -0.2) is 9.55 Å². The van der Waals surface area contributed by atoms with Crippen LogP contribution in [0.25, 0.3) is 0 Å². The predicted octanol–water partition coefficient (Wildman–Crippen LogP) is 2.32. The molecular weight excluding hydrogens is 198 g/mol. The van der Waals surface area contributed by atoms with Gasteiger partial charge in [0.2, 0.25) is 0 Å². The fraction of sp³-hybridized carbons (Fsp3) is 0.600. The van der Waals surface area contributed by atoms with Gasteiger partial charge in [0.1, 0.15) is 0 Å². The van der Waals surface area contributed by atoms with Crippen LogP contribution in [0.4, 0.5) is 0 Å². The molecule has 0 atom stereocenters. The van der Waals surface area contributed by atoms with Gasteiger partial charge >= 0.3 is 0 Å². The van der Waals surface area contributed by atoms with Crippen molar-refractivity contribution in [2.75, 3.05) is 0 Å². The fourth-order valence-corrected chi connectivity index (χ4v) is 1.82. The minimum absolute atomic E-state index is 0.235. The molecule has 1 aromatic heterocycles. The van der Waals surface area contributed by atoms with Crippen molar-refractivity contribution < 1.29 is 0 Å². The first-order chi connectivity index (χ1) is 6.78. The molecular formula is C10H12ClN3. The summed E-state index contributed by atoms with van der Waals surface area (Å²) in [7, 11) is 0. The minimum Gasteiger partial charge on any atom is -0.337 e. The highest BCUT2D eigenvalue weighted by Gasteiger charge is 2.42. The molecule has 1 aliphatic rings. The molecule has 0 radical (unpaired) electrons. The molecule has 0 unspecified atom stereocenters. The number of hydrogen-bond donors (Lipinski definition) is 0. The van der Waals surface area contributed by atoms with E-state index >= 15 is 0 Å². The van der Waals surface area contributed by atoms with Crippen molar-refractivity contribution >= 4 is 11.6 Å². The molecule has 2 rings (SSSR count). The number of alkyl halides is 1. The van der Waals surface area contributed by atoms with E-state index in [4.69, 9.17) is 16.9 Å². The summed E-state index contributed by atoms with van der Waals surface area (Å²) in [5.74, 6) is 0.457. The summed E-state index contributed by atoms with van der Waals surface area (Å²) in [5.41, 5.74) is 1.14. The van der Waals surface area contributed by atoms with Crippen LogP contribution < -0.4 is 0 Å². The van der Waals surface area contributed by atoms with Gasteiger partial charge in [0.15, 0.2) is 0 Å². The molecule has 0 aliphatic heterocycles. The Kier molecular flexibility index (Phi) is 2.47. The summed E-state index contributed by atoms with van der Waals surface area (Å²) in [5, 5.41) is 8.68. The van der Waals surface area contributed by atoms with Crippen LogP contribution in [0.3, 0.4) is 0 Å². The van der Waals surface area contributed by atoms with Crippen molar-refractivity contribution in [2.24, 2.45) is 5.41 Å². The zero-order chi connectivity index (χ0) is 10.0. The van der Waals surface area contributed by atoms with Gasteiger partial charge in [-0.1, -0.05) is 0 Å². The second-order valence-corrected chi connectivity index (χ2v) is 4.27. The van der Waals surface area contributed by atoms with Crippen LogP contribution in [-0.2, 0) is 12.4 Å². The predicted molar refractivity (Wildman–Crippen MR) is 53.7 cm³/mol. The molecule has 1 aromatic rings. The van der Waals surface area contributed by atoms with Gasteiger partial charge in [-0.05, 0) is 12.8 Å². The van der Waals surface area contributed by atoms with E-state index in [2.05, 4.69) is 11.1 Å². The molecule has 0 bridgehead atoms. The first kappa shape index (κ1) is 9.54. The van der Waals surface area contributed by atoms with Gasteiger partial charge < -0.3 is 4.57 Å². The molecule has 1 saturated carbocycles. The maximum Gasteiger partial charge on any atom is 0.0950 e. The Labute approximate surface area is 88.3 Å². The number of nitriles is 1. The number of aromatic nitrogens is 2. The Morgan fingerprint density at radius 3 is 2.93 bits per heavy atom. The molecule has 3 nitrogen and oxygen atoms in total. The van der Waals surface area contributed by atoms with E-state index < -0.39 is 0 Å². The summed E-state index contributed by atoms with van der Waals surface area (Å²) >= 11 is 5.66. The Bertz CT molecular complexity index is 360. The van der Waals surface area contributed by atoms with Crippen LogP contribution in [0, 0.1) is 16.7 Å². The molecule has 0 spiro atoms. The molecule has 0 saturated heterocycles. The summed E-state index contributed by atoms with van der Waals surface area (Å²) in [6.45, 7) is 0.907. The largest absolute Gasteiger partial charge is 0.337 e. The lowest BCUT2D eigenvalue weighted by atomic mass is 10.0. The smallest absolute Gasteiger partial charge is 0.0950 e. The van der Waals surface area contributed by atoms with Gasteiger partial charge in [-0.2, -0.15) is 5.26 Å². The van der Waals surface area contributed by atoms with Crippen molar-refractivity contribution in [1.82, 2.24) is 9.55 Å². The Balaban J connectivity index is 2.01. The van der Waals surface area contributed by atoms with Crippen LogP contribution in [0.5, 0.6) is 0 Å². The van der Waals surface area contributed by atoms with Gasteiger partial charge in [-0.25, -0.2) is 4.98 Å². The normalized spacial score (nSPS) is 17.7. The monoisotopic (exact) mass is 209 g/mol. The summed E-state index contributed by atoms with van der Waals surface area (Å²) < 4.78 is 2.04. The zero-order valence-corrected chi connectivity index (χ0v) is 8.67. The topological polar surface area (TPSA) is 41.6 Å². The second kappa shape index (κ2) is 3.62. The zero-order valence-electron chi connectivity index (χ0n) is 7.91. The third-order valence-corrected chi connectivity index (χ3v) is 3.03. The van der Waals surface area contributed by atoms with Gasteiger partial charge in [0, 0.05) is 24.6 Å². The number of rotatable bonds is 4. The van der Waals surface area contributed by atoms with Crippen molar-refractivity contribution in [2.45, 2.75) is 31.7 Å². The molecule has 0 amide bonds. The highest BCUT2D eigenvalue weighted by Crippen LogP contribution is 2.49. The highest BCUT2D eigenvalue weighted by molar-refractivity contribution is 6.16. The molecule has 0 aromatic carbocycles. The number of imidazole rings is 1. The average molecular weight is 210 g/mol. The standard InChI is InChI=1S/C10H12ClN3/c11-5-9-6-14(8-13-9)7-10(1-2-10)3-4-12/h6,8H,1-3,5,7H2. The third-order valence-electron chi connectivity index (χ3n) is 2.75.